The molecule has 1 aromatic heterocycles. The largest absolute Gasteiger partial charge is 0.399 e. The summed E-state index contributed by atoms with van der Waals surface area (Å²) in [7, 11) is 0. The van der Waals surface area contributed by atoms with Gasteiger partial charge in [0.1, 0.15) is 11.6 Å². The number of pyridine rings is 1. The fourth-order valence-electron chi connectivity index (χ4n) is 1.67. The molecule has 0 bridgehead atoms. The molecule has 0 aliphatic rings. The summed E-state index contributed by atoms with van der Waals surface area (Å²) in [6.45, 7) is 1.80. The molecular weight excluding hydrogens is 214 g/mol. The van der Waals surface area contributed by atoms with Gasteiger partial charge in [-0.15, -0.1) is 0 Å². The predicted molar refractivity (Wildman–Crippen MR) is 66.4 cm³/mol. The Hall–Kier alpha value is -2.54. The summed E-state index contributed by atoms with van der Waals surface area (Å²) in [6, 6.07) is 10.8. The molecule has 0 unspecified atom stereocenters. The highest BCUT2D eigenvalue weighted by Gasteiger charge is 2.07. The molecule has 17 heavy (non-hydrogen) atoms. The maximum absolute atomic E-state index is 11.4. The number of aryl methyl sites for hydroxylation is 1. The second kappa shape index (κ2) is 4.14. The van der Waals surface area contributed by atoms with Gasteiger partial charge in [-0.2, -0.15) is 5.26 Å². The Morgan fingerprint density at radius 3 is 2.53 bits per heavy atom. The van der Waals surface area contributed by atoms with E-state index in [-0.39, 0.29) is 11.1 Å². The Balaban J connectivity index is 2.64. The molecule has 0 atom stereocenters. The van der Waals surface area contributed by atoms with E-state index < -0.39 is 0 Å². The van der Waals surface area contributed by atoms with Gasteiger partial charge < -0.3 is 10.7 Å². The molecule has 0 saturated carbocycles. The second-order valence-corrected chi connectivity index (χ2v) is 3.78. The van der Waals surface area contributed by atoms with E-state index in [1.165, 1.54) is 0 Å². The lowest BCUT2D eigenvalue weighted by atomic mass is 10.0. The maximum atomic E-state index is 11.4. The SMILES string of the molecule is Cc1[nH]c(=O)c(C#N)cc1-c1ccc(N)cc1. The van der Waals surface area contributed by atoms with Crippen molar-refractivity contribution in [3.8, 4) is 17.2 Å². The third-order valence-electron chi connectivity index (χ3n) is 2.58. The first-order chi connectivity index (χ1) is 8.11. The molecule has 2 rings (SSSR count). The van der Waals surface area contributed by atoms with Gasteiger partial charge in [-0.3, -0.25) is 4.79 Å². The number of hydrogen-bond acceptors (Lipinski definition) is 3. The van der Waals surface area contributed by atoms with Crippen LogP contribution in [0.3, 0.4) is 0 Å². The number of nitrogens with one attached hydrogen (secondary N) is 1. The first-order valence-electron chi connectivity index (χ1n) is 5.12. The molecule has 0 saturated heterocycles. The van der Waals surface area contributed by atoms with Gasteiger partial charge in [0.05, 0.1) is 0 Å². The van der Waals surface area contributed by atoms with Crippen molar-refractivity contribution < 1.29 is 0 Å². The number of aromatic nitrogens is 1. The van der Waals surface area contributed by atoms with Crippen LogP contribution < -0.4 is 11.3 Å². The molecule has 1 aromatic carbocycles. The molecule has 4 heteroatoms. The van der Waals surface area contributed by atoms with E-state index in [4.69, 9.17) is 11.0 Å². The first-order valence-corrected chi connectivity index (χ1v) is 5.12. The molecule has 4 nitrogen and oxygen atoms in total. The average molecular weight is 225 g/mol. The van der Waals surface area contributed by atoms with Crippen LogP contribution in [0.4, 0.5) is 5.69 Å². The van der Waals surface area contributed by atoms with Crippen LogP contribution in [-0.2, 0) is 0 Å². The number of nitrogens with zero attached hydrogens (tertiary/aromatic N) is 1. The van der Waals surface area contributed by atoms with Crippen molar-refractivity contribution in [2.75, 3.05) is 5.73 Å². The summed E-state index contributed by atoms with van der Waals surface area (Å²) < 4.78 is 0. The summed E-state index contributed by atoms with van der Waals surface area (Å²) in [4.78, 5) is 14.1. The van der Waals surface area contributed by atoms with Crippen LogP contribution in [0.1, 0.15) is 11.3 Å². The summed E-state index contributed by atoms with van der Waals surface area (Å²) in [5.41, 5.74) is 8.54. The molecule has 0 aliphatic carbocycles. The molecule has 2 aromatic rings. The van der Waals surface area contributed by atoms with Crippen LogP contribution in [-0.4, -0.2) is 4.98 Å². The minimum atomic E-state index is -0.357. The minimum absolute atomic E-state index is 0.113. The number of nitrogen functional groups attached to an aromatic ring is 1. The van der Waals surface area contributed by atoms with Gasteiger partial charge >= 0.3 is 0 Å². The second-order valence-electron chi connectivity index (χ2n) is 3.78. The summed E-state index contributed by atoms with van der Waals surface area (Å²) in [5, 5.41) is 8.83. The van der Waals surface area contributed by atoms with E-state index in [1.807, 2.05) is 18.2 Å². The average Bonchev–Trinajstić information content (AvgIpc) is 2.31. The lowest BCUT2D eigenvalue weighted by Crippen LogP contribution is -2.11. The van der Waals surface area contributed by atoms with Gasteiger partial charge in [-0.25, -0.2) is 0 Å². The van der Waals surface area contributed by atoms with Crippen molar-refractivity contribution in [2.45, 2.75) is 6.92 Å². The number of rotatable bonds is 1. The van der Waals surface area contributed by atoms with Gasteiger partial charge in [0.15, 0.2) is 0 Å². The minimum Gasteiger partial charge on any atom is -0.399 e. The third kappa shape index (κ3) is 2.04. The highest BCUT2D eigenvalue weighted by atomic mass is 16.1. The summed E-state index contributed by atoms with van der Waals surface area (Å²) in [6.07, 6.45) is 0. The van der Waals surface area contributed by atoms with E-state index in [1.54, 1.807) is 25.1 Å². The zero-order valence-corrected chi connectivity index (χ0v) is 9.32. The monoisotopic (exact) mass is 225 g/mol. The highest BCUT2D eigenvalue weighted by Crippen LogP contribution is 2.22. The molecule has 0 fully saturated rings. The number of hydrogen-bond donors (Lipinski definition) is 2. The van der Waals surface area contributed by atoms with Crippen molar-refractivity contribution in [2.24, 2.45) is 0 Å². The lowest BCUT2D eigenvalue weighted by molar-refractivity contribution is 1.13. The Labute approximate surface area is 98.3 Å². The number of H-pyrrole nitrogens is 1. The van der Waals surface area contributed by atoms with Crippen LogP contribution in [0.15, 0.2) is 35.1 Å². The Morgan fingerprint density at radius 1 is 1.29 bits per heavy atom. The number of nitrogens with two attached hydrogens (primary N) is 1. The number of aromatic amines is 1. The molecule has 0 amide bonds. The Bertz CT molecular complexity index is 648. The van der Waals surface area contributed by atoms with Crippen molar-refractivity contribution in [1.82, 2.24) is 4.98 Å². The molecule has 1 heterocycles. The van der Waals surface area contributed by atoms with Crippen LogP contribution >= 0.6 is 0 Å². The lowest BCUT2D eigenvalue weighted by Gasteiger charge is -2.06. The van der Waals surface area contributed by atoms with Gasteiger partial charge in [-0.05, 0) is 30.7 Å². The van der Waals surface area contributed by atoms with Crippen molar-refractivity contribution >= 4 is 5.69 Å². The van der Waals surface area contributed by atoms with Crippen molar-refractivity contribution in [1.29, 1.82) is 5.26 Å². The van der Waals surface area contributed by atoms with E-state index in [0.29, 0.717) is 5.69 Å². The summed E-state index contributed by atoms with van der Waals surface area (Å²) >= 11 is 0. The molecule has 3 N–H and O–H groups in total. The van der Waals surface area contributed by atoms with E-state index in [2.05, 4.69) is 4.98 Å². The molecule has 84 valence electrons. The topological polar surface area (TPSA) is 82.7 Å². The highest BCUT2D eigenvalue weighted by molar-refractivity contribution is 5.68. The first kappa shape index (κ1) is 11.0. The third-order valence-corrected chi connectivity index (χ3v) is 2.58. The van der Waals surface area contributed by atoms with E-state index >= 15 is 0 Å². The van der Waals surface area contributed by atoms with Gasteiger partial charge in [0.25, 0.3) is 5.56 Å². The number of anilines is 1. The predicted octanol–water partition coefficient (Wildman–Crippen LogP) is 1.80. The van der Waals surface area contributed by atoms with Gasteiger partial charge in [0.2, 0.25) is 0 Å². The molecular formula is C13H11N3O. The Kier molecular flexibility index (Phi) is 2.67. The van der Waals surface area contributed by atoms with Crippen molar-refractivity contribution in [3.05, 3.63) is 51.9 Å². The molecule has 0 spiro atoms. The fraction of sp³-hybridized carbons (Fsp3) is 0.0769. The molecule has 0 aliphatic heterocycles. The van der Waals surface area contributed by atoms with Crippen LogP contribution in [0.5, 0.6) is 0 Å². The standard InChI is InChI=1S/C13H11N3O/c1-8-12(6-10(7-14)13(17)16-8)9-2-4-11(15)5-3-9/h2-6H,15H2,1H3,(H,16,17). The Morgan fingerprint density at radius 2 is 1.94 bits per heavy atom. The maximum Gasteiger partial charge on any atom is 0.266 e. The quantitative estimate of drug-likeness (QED) is 0.726. The molecule has 0 radical (unpaired) electrons. The van der Waals surface area contributed by atoms with E-state index in [0.717, 1.165) is 16.8 Å². The zero-order chi connectivity index (χ0) is 12.4. The number of nitriles is 1. The van der Waals surface area contributed by atoms with Gasteiger partial charge in [0, 0.05) is 16.9 Å². The zero-order valence-electron chi connectivity index (χ0n) is 9.32. The van der Waals surface area contributed by atoms with Crippen LogP contribution in [0.2, 0.25) is 0 Å². The van der Waals surface area contributed by atoms with Crippen molar-refractivity contribution in [3.63, 3.8) is 0 Å². The van der Waals surface area contributed by atoms with Crippen LogP contribution in [0.25, 0.3) is 11.1 Å². The van der Waals surface area contributed by atoms with E-state index in [9.17, 15) is 4.79 Å². The number of benzene rings is 1. The van der Waals surface area contributed by atoms with Gasteiger partial charge in [-0.1, -0.05) is 12.1 Å². The van der Waals surface area contributed by atoms with Crippen LogP contribution in [0, 0.1) is 18.3 Å². The summed E-state index contributed by atoms with van der Waals surface area (Å²) in [5.74, 6) is 0. The smallest absolute Gasteiger partial charge is 0.266 e. The normalized spacial score (nSPS) is 9.88. The fourth-order valence-corrected chi connectivity index (χ4v) is 1.67.